The van der Waals surface area contributed by atoms with E-state index in [0.717, 1.165) is 44.2 Å². The molecule has 1 fully saturated rings. The Morgan fingerprint density at radius 1 is 1.17 bits per heavy atom. The summed E-state index contributed by atoms with van der Waals surface area (Å²) in [6.45, 7) is 4.08. The zero-order valence-electron chi connectivity index (χ0n) is 13.4. The SMILES string of the molecule is c1ccc(-n2cc(CN3CCO[C@@H](Cn4cccn4)C3)nn2)cc1. The first-order chi connectivity index (χ1) is 11.9. The maximum absolute atomic E-state index is 5.85. The lowest BCUT2D eigenvalue weighted by Crippen LogP contribution is -2.43. The fourth-order valence-electron chi connectivity index (χ4n) is 2.96. The van der Waals surface area contributed by atoms with Gasteiger partial charge in [-0.15, -0.1) is 5.10 Å². The number of nitrogens with zero attached hydrogens (tertiary/aromatic N) is 6. The predicted molar refractivity (Wildman–Crippen MR) is 88.6 cm³/mol. The summed E-state index contributed by atoms with van der Waals surface area (Å²) < 4.78 is 9.58. The van der Waals surface area contributed by atoms with E-state index in [0.29, 0.717) is 0 Å². The molecule has 2 aromatic heterocycles. The lowest BCUT2D eigenvalue weighted by molar-refractivity contribution is -0.0405. The van der Waals surface area contributed by atoms with Crippen LogP contribution in [-0.4, -0.2) is 55.5 Å². The number of ether oxygens (including phenoxy) is 1. The van der Waals surface area contributed by atoms with E-state index in [-0.39, 0.29) is 6.10 Å². The van der Waals surface area contributed by atoms with Gasteiger partial charge in [-0.25, -0.2) is 4.68 Å². The Balaban J connectivity index is 1.37. The third-order valence-corrected chi connectivity index (χ3v) is 4.12. The van der Waals surface area contributed by atoms with Gasteiger partial charge in [0.15, 0.2) is 0 Å². The fraction of sp³-hybridized carbons (Fsp3) is 0.353. The van der Waals surface area contributed by atoms with Crippen LogP contribution in [0, 0.1) is 0 Å². The molecule has 0 bridgehead atoms. The van der Waals surface area contributed by atoms with Crippen molar-refractivity contribution in [2.24, 2.45) is 0 Å². The minimum atomic E-state index is 0.155. The number of hydrogen-bond donors (Lipinski definition) is 0. The zero-order chi connectivity index (χ0) is 16.2. The molecule has 3 aromatic rings. The Kier molecular flexibility index (Phi) is 4.35. The molecule has 1 aliphatic heterocycles. The molecule has 1 saturated heterocycles. The minimum Gasteiger partial charge on any atom is -0.374 e. The summed E-state index contributed by atoms with van der Waals surface area (Å²) >= 11 is 0. The molecule has 0 spiro atoms. The molecule has 0 amide bonds. The summed E-state index contributed by atoms with van der Waals surface area (Å²) in [5, 5.41) is 12.8. The number of benzene rings is 1. The molecule has 1 aliphatic rings. The van der Waals surface area contributed by atoms with Crippen LogP contribution in [0.2, 0.25) is 0 Å². The van der Waals surface area contributed by atoms with Crippen molar-refractivity contribution in [3.63, 3.8) is 0 Å². The van der Waals surface area contributed by atoms with Crippen molar-refractivity contribution in [1.82, 2.24) is 29.7 Å². The first-order valence-corrected chi connectivity index (χ1v) is 8.15. The summed E-state index contributed by atoms with van der Waals surface area (Å²) in [7, 11) is 0. The van der Waals surface area contributed by atoms with Crippen LogP contribution < -0.4 is 0 Å². The molecule has 0 N–H and O–H groups in total. The maximum atomic E-state index is 5.85. The van der Waals surface area contributed by atoms with Crippen molar-refractivity contribution in [2.45, 2.75) is 19.2 Å². The standard InChI is InChI=1S/C17H20N6O/c1-2-5-16(6-3-1)23-12-15(19-20-23)11-21-9-10-24-17(13-21)14-22-8-4-7-18-22/h1-8,12,17H,9-11,13-14H2/t17-/m1/s1. The summed E-state index contributed by atoms with van der Waals surface area (Å²) in [6.07, 6.45) is 5.91. The first-order valence-electron chi connectivity index (χ1n) is 8.15. The van der Waals surface area contributed by atoms with Crippen molar-refractivity contribution >= 4 is 0 Å². The molecule has 3 heterocycles. The Morgan fingerprint density at radius 3 is 2.92 bits per heavy atom. The molecule has 124 valence electrons. The van der Waals surface area contributed by atoms with Gasteiger partial charge < -0.3 is 4.74 Å². The molecular weight excluding hydrogens is 304 g/mol. The summed E-state index contributed by atoms with van der Waals surface area (Å²) in [6, 6.07) is 12.0. The second-order valence-electron chi connectivity index (χ2n) is 5.95. The monoisotopic (exact) mass is 324 g/mol. The molecule has 1 aromatic carbocycles. The Labute approximate surface area is 140 Å². The second kappa shape index (κ2) is 6.94. The van der Waals surface area contributed by atoms with Gasteiger partial charge in [0.25, 0.3) is 0 Å². The number of hydrogen-bond acceptors (Lipinski definition) is 5. The van der Waals surface area contributed by atoms with E-state index in [1.54, 1.807) is 6.20 Å². The molecule has 7 heteroatoms. The van der Waals surface area contributed by atoms with Crippen molar-refractivity contribution in [3.05, 3.63) is 60.7 Å². The Bertz CT molecular complexity index is 755. The van der Waals surface area contributed by atoms with Crippen LogP contribution in [0.4, 0.5) is 0 Å². The number of morpholine rings is 1. The van der Waals surface area contributed by atoms with Crippen LogP contribution in [0.3, 0.4) is 0 Å². The lowest BCUT2D eigenvalue weighted by atomic mass is 10.2. The van der Waals surface area contributed by atoms with Gasteiger partial charge in [-0.3, -0.25) is 9.58 Å². The quantitative estimate of drug-likeness (QED) is 0.709. The second-order valence-corrected chi connectivity index (χ2v) is 5.95. The summed E-state index contributed by atoms with van der Waals surface area (Å²) in [4.78, 5) is 2.36. The third-order valence-electron chi connectivity index (χ3n) is 4.12. The van der Waals surface area contributed by atoms with Crippen molar-refractivity contribution in [1.29, 1.82) is 0 Å². The molecule has 0 saturated carbocycles. The van der Waals surface area contributed by atoms with Crippen LogP contribution in [0.15, 0.2) is 55.0 Å². The summed E-state index contributed by atoms with van der Waals surface area (Å²) in [5.41, 5.74) is 1.99. The normalized spacial score (nSPS) is 18.8. The molecule has 0 radical (unpaired) electrons. The number of aromatic nitrogens is 5. The van der Waals surface area contributed by atoms with Gasteiger partial charge >= 0.3 is 0 Å². The van der Waals surface area contributed by atoms with Gasteiger partial charge in [0.1, 0.15) is 0 Å². The number of para-hydroxylation sites is 1. The van der Waals surface area contributed by atoms with Gasteiger partial charge in [0.05, 0.1) is 36.8 Å². The minimum absolute atomic E-state index is 0.155. The van der Waals surface area contributed by atoms with E-state index in [1.807, 2.05) is 58.2 Å². The van der Waals surface area contributed by atoms with Gasteiger partial charge in [0, 0.05) is 32.0 Å². The van der Waals surface area contributed by atoms with E-state index in [9.17, 15) is 0 Å². The van der Waals surface area contributed by atoms with Crippen LogP contribution in [0.5, 0.6) is 0 Å². The Hall–Kier alpha value is -2.51. The van der Waals surface area contributed by atoms with Crippen molar-refractivity contribution in [3.8, 4) is 5.69 Å². The van der Waals surface area contributed by atoms with Crippen LogP contribution in [-0.2, 0) is 17.8 Å². The van der Waals surface area contributed by atoms with Gasteiger partial charge in [0.2, 0.25) is 0 Å². The highest BCUT2D eigenvalue weighted by Gasteiger charge is 2.22. The van der Waals surface area contributed by atoms with Gasteiger partial charge in [-0.2, -0.15) is 5.10 Å². The topological polar surface area (TPSA) is 61.0 Å². The molecule has 7 nitrogen and oxygen atoms in total. The van der Waals surface area contributed by atoms with E-state index >= 15 is 0 Å². The van der Waals surface area contributed by atoms with Gasteiger partial charge in [-0.05, 0) is 18.2 Å². The highest BCUT2D eigenvalue weighted by molar-refractivity contribution is 5.29. The highest BCUT2D eigenvalue weighted by atomic mass is 16.5. The molecule has 0 unspecified atom stereocenters. The maximum Gasteiger partial charge on any atom is 0.0971 e. The van der Waals surface area contributed by atoms with E-state index in [2.05, 4.69) is 20.3 Å². The largest absolute Gasteiger partial charge is 0.374 e. The van der Waals surface area contributed by atoms with E-state index in [1.165, 1.54) is 0 Å². The molecule has 4 rings (SSSR count). The first kappa shape index (κ1) is 15.0. The average Bonchev–Trinajstić information content (AvgIpc) is 3.28. The molecule has 1 atom stereocenters. The van der Waals surface area contributed by atoms with Crippen molar-refractivity contribution < 1.29 is 4.74 Å². The van der Waals surface area contributed by atoms with E-state index < -0.39 is 0 Å². The van der Waals surface area contributed by atoms with Crippen LogP contribution >= 0.6 is 0 Å². The third kappa shape index (κ3) is 3.52. The lowest BCUT2D eigenvalue weighted by Gasteiger charge is -2.32. The zero-order valence-corrected chi connectivity index (χ0v) is 13.4. The Morgan fingerprint density at radius 2 is 2.08 bits per heavy atom. The smallest absolute Gasteiger partial charge is 0.0971 e. The molecule has 0 aliphatic carbocycles. The van der Waals surface area contributed by atoms with Crippen LogP contribution in [0.1, 0.15) is 5.69 Å². The number of rotatable bonds is 5. The fourth-order valence-corrected chi connectivity index (χ4v) is 2.96. The average molecular weight is 324 g/mol. The molecule has 24 heavy (non-hydrogen) atoms. The van der Waals surface area contributed by atoms with Crippen LogP contribution in [0.25, 0.3) is 5.69 Å². The van der Waals surface area contributed by atoms with Gasteiger partial charge in [-0.1, -0.05) is 23.4 Å². The van der Waals surface area contributed by atoms with Crippen molar-refractivity contribution in [2.75, 3.05) is 19.7 Å². The summed E-state index contributed by atoms with van der Waals surface area (Å²) in [5.74, 6) is 0. The molecular formula is C17H20N6O. The highest BCUT2D eigenvalue weighted by Crippen LogP contribution is 2.12. The predicted octanol–water partition coefficient (Wildman–Crippen LogP) is 1.36. The van der Waals surface area contributed by atoms with E-state index in [4.69, 9.17) is 4.74 Å².